The minimum Gasteiger partial charge on any atom is -0.328 e. The van der Waals surface area contributed by atoms with Gasteiger partial charge in [0.05, 0.1) is 0 Å². The van der Waals surface area contributed by atoms with Crippen LogP contribution in [0.1, 0.15) is 46.5 Å². The molecule has 0 aliphatic heterocycles. The molecule has 1 unspecified atom stereocenters. The van der Waals surface area contributed by atoms with Crippen molar-refractivity contribution in [2.45, 2.75) is 52.5 Å². The van der Waals surface area contributed by atoms with Gasteiger partial charge in [-0.15, -0.1) is 0 Å². The van der Waals surface area contributed by atoms with E-state index in [4.69, 9.17) is 5.73 Å². The van der Waals surface area contributed by atoms with Crippen LogP contribution in [0.15, 0.2) is 11.6 Å². The molecule has 0 bridgehead atoms. The minimum absolute atomic E-state index is 0.0200. The quantitative estimate of drug-likeness (QED) is 0.751. The number of nitrogens with two attached hydrogens (primary N) is 1. The summed E-state index contributed by atoms with van der Waals surface area (Å²) in [5.74, 6) is 0.243. The molecular weight excluding hydrogens is 174 g/mol. The average molecular weight is 195 g/mol. The largest absolute Gasteiger partial charge is 0.328 e. The zero-order valence-corrected chi connectivity index (χ0v) is 9.47. The van der Waals surface area contributed by atoms with Gasteiger partial charge in [0.2, 0.25) is 0 Å². The second kappa shape index (κ2) is 4.26. The number of hydrogen-bond acceptors (Lipinski definition) is 2. The number of hydrogen-bond donors (Lipinski definition) is 1. The summed E-state index contributed by atoms with van der Waals surface area (Å²) in [6.45, 7) is 6.25. The number of carbonyl (C=O) groups excluding carboxylic acids is 1. The molecule has 0 aromatic rings. The Morgan fingerprint density at radius 3 is 2.79 bits per heavy atom. The van der Waals surface area contributed by atoms with Crippen LogP contribution in [0.5, 0.6) is 0 Å². The van der Waals surface area contributed by atoms with E-state index in [-0.39, 0.29) is 17.2 Å². The summed E-state index contributed by atoms with van der Waals surface area (Å²) >= 11 is 0. The van der Waals surface area contributed by atoms with E-state index in [0.29, 0.717) is 6.42 Å². The Bertz CT molecular complexity index is 251. The third kappa shape index (κ3) is 3.26. The molecule has 0 amide bonds. The molecule has 2 nitrogen and oxygen atoms in total. The number of Topliss-reactive ketones (excluding diaryl/α,β-unsaturated/α-hetero) is 1. The Kier molecular flexibility index (Phi) is 3.48. The van der Waals surface area contributed by atoms with E-state index in [0.717, 1.165) is 18.4 Å². The number of allylic oxidation sites excluding steroid dienone is 2. The highest BCUT2D eigenvalue weighted by Gasteiger charge is 2.23. The van der Waals surface area contributed by atoms with Gasteiger partial charge in [-0.3, -0.25) is 4.79 Å². The van der Waals surface area contributed by atoms with Crippen molar-refractivity contribution in [3.8, 4) is 0 Å². The first kappa shape index (κ1) is 11.4. The third-order valence-electron chi connectivity index (χ3n) is 2.70. The minimum atomic E-state index is -0.0200. The van der Waals surface area contributed by atoms with Gasteiger partial charge in [0.15, 0.2) is 5.78 Å². The van der Waals surface area contributed by atoms with Crippen molar-refractivity contribution in [1.82, 2.24) is 0 Å². The molecule has 1 rings (SSSR count). The van der Waals surface area contributed by atoms with Crippen LogP contribution in [0, 0.1) is 5.41 Å². The van der Waals surface area contributed by atoms with Gasteiger partial charge in [-0.05, 0) is 37.2 Å². The highest BCUT2D eigenvalue weighted by atomic mass is 16.1. The molecule has 0 fully saturated rings. The summed E-state index contributed by atoms with van der Waals surface area (Å²) < 4.78 is 0. The van der Waals surface area contributed by atoms with E-state index in [1.54, 1.807) is 0 Å². The molecule has 0 spiro atoms. The van der Waals surface area contributed by atoms with E-state index in [1.807, 2.05) is 6.92 Å². The molecule has 1 atom stereocenters. The molecule has 2 heteroatoms. The summed E-state index contributed by atoms with van der Waals surface area (Å²) in [6.07, 6.45) is 5.88. The first-order chi connectivity index (χ1) is 6.41. The Morgan fingerprint density at radius 1 is 1.64 bits per heavy atom. The van der Waals surface area contributed by atoms with E-state index < -0.39 is 0 Å². The predicted molar refractivity (Wildman–Crippen MR) is 59.0 cm³/mol. The van der Waals surface area contributed by atoms with Gasteiger partial charge in [-0.25, -0.2) is 0 Å². The first-order valence-corrected chi connectivity index (χ1v) is 5.41. The van der Waals surface area contributed by atoms with Gasteiger partial charge in [-0.1, -0.05) is 19.9 Å². The predicted octanol–water partition coefficient (Wildman–Crippen LogP) is 2.43. The fourth-order valence-corrected chi connectivity index (χ4v) is 1.99. The molecule has 0 aromatic carbocycles. The molecule has 0 saturated carbocycles. The molecule has 1 aliphatic carbocycles. The van der Waals surface area contributed by atoms with Gasteiger partial charge in [0, 0.05) is 12.5 Å². The zero-order valence-electron chi connectivity index (χ0n) is 9.47. The highest BCUT2D eigenvalue weighted by molar-refractivity contribution is 5.95. The lowest BCUT2D eigenvalue weighted by Crippen LogP contribution is -2.23. The van der Waals surface area contributed by atoms with Crippen molar-refractivity contribution in [2.24, 2.45) is 11.1 Å². The van der Waals surface area contributed by atoms with Crippen molar-refractivity contribution >= 4 is 5.78 Å². The van der Waals surface area contributed by atoms with Gasteiger partial charge >= 0.3 is 0 Å². The second-order valence-electron chi connectivity index (χ2n) is 5.12. The monoisotopic (exact) mass is 195 g/mol. The second-order valence-corrected chi connectivity index (χ2v) is 5.12. The number of rotatable bonds is 3. The molecule has 0 aromatic heterocycles. The summed E-state index contributed by atoms with van der Waals surface area (Å²) in [7, 11) is 0. The SMILES string of the molecule is CC(N)CC(=O)C1=CC(C)(C)CCC1. The van der Waals surface area contributed by atoms with Crippen LogP contribution in [0.25, 0.3) is 0 Å². The van der Waals surface area contributed by atoms with E-state index >= 15 is 0 Å². The molecule has 80 valence electrons. The Hall–Kier alpha value is -0.630. The number of carbonyl (C=O) groups is 1. The van der Waals surface area contributed by atoms with Crippen LogP contribution in [0.4, 0.5) is 0 Å². The third-order valence-corrected chi connectivity index (χ3v) is 2.70. The molecular formula is C12H21NO. The average Bonchev–Trinajstić information content (AvgIpc) is 2.01. The van der Waals surface area contributed by atoms with Crippen molar-refractivity contribution in [3.05, 3.63) is 11.6 Å². The summed E-state index contributed by atoms with van der Waals surface area (Å²) in [5.41, 5.74) is 6.81. The van der Waals surface area contributed by atoms with E-state index in [1.165, 1.54) is 6.42 Å². The summed E-state index contributed by atoms with van der Waals surface area (Å²) in [5, 5.41) is 0. The molecule has 14 heavy (non-hydrogen) atoms. The molecule has 2 N–H and O–H groups in total. The van der Waals surface area contributed by atoms with Crippen molar-refractivity contribution in [2.75, 3.05) is 0 Å². The summed E-state index contributed by atoms with van der Waals surface area (Å²) in [4.78, 5) is 11.7. The van der Waals surface area contributed by atoms with Gasteiger partial charge in [0.1, 0.15) is 0 Å². The molecule has 1 aliphatic rings. The Labute approximate surface area is 86.6 Å². The van der Waals surface area contributed by atoms with Gasteiger partial charge < -0.3 is 5.73 Å². The standard InChI is InChI=1S/C12H21NO/c1-9(13)7-11(14)10-5-4-6-12(2,3)8-10/h8-9H,4-7,13H2,1-3H3. The zero-order chi connectivity index (χ0) is 10.8. The van der Waals surface area contributed by atoms with Crippen LogP contribution in [-0.4, -0.2) is 11.8 Å². The Balaban J connectivity index is 2.68. The lowest BCUT2D eigenvalue weighted by atomic mass is 9.78. The highest BCUT2D eigenvalue weighted by Crippen LogP contribution is 2.33. The van der Waals surface area contributed by atoms with E-state index in [9.17, 15) is 4.79 Å². The number of ketones is 1. The fourth-order valence-electron chi connectivity index (χ4n) is 1.99. The molecule has 0 radical (unpaired) electrons. The van der Waals surface area contributed by atoms with E-state index in [2.05, 4.69) is 19.9 Å². The Morgan fingerprint density at radius 2 is 2.29 bits per heavy atom. The van der Waals surface area contributed by atoms with Gasteiger partial charge in [0.25, 0.3) is 0 Å². The smallest absolute Gasteiger partial charge is 0.160 e. The first-order valence-electron chi connectivity index (χ1n) is 5.41. The van der Waals surface area contributed by atoms with Crippen LogP contribution in [0.3, 0.4) is 0 Å². The maximum Gasteiger partial charge on any atom is 0.160 e. The van der Waals surface area contributed by atoms with Crippen molar-refractivity contribution < 1.29 is 4.79 Å². The summed E-state index contributed by atoms with van der Waals surface area (Å²) in [6, 6.07) is -0.0200. The molecule has 0 saturated heterocycles. The normalized spacial score (nSPS) is 22.7. The fraction of sp³-hybridized carbons (Fsp3) is 0.750. The maximum atomic E-state index is 11.7. The maximum absolute atomic E-state index is 11.7. The van der Waals surface area contributed by atoms with Crippen LogP contribution < -0.4 is 5.73 Å². The van der Waals surface area contributed by atoms with Crippen LogP contribution in [0.2, 0.25) is 0 Å². The lowest BCUT2D eigenvalue weighted by molar-refractivity contribution is -0.116. The van der Waals surface area contributed by atoms with Gasteiger partial charge in [-0.2, -0.15) is 0 Å². The molecule has 0 heterocycles. The van der Waals surface area contributed by atoms with Crippen LogP contribution in [-0.2, 0) is 4.79 Å². The lowest BCUT2D eigenvalue weighted by Gasteiger charge is -2.27. The van der Waals surface area contributed by atoms with Crippen molar-refractivity contribution in [1.29, 1.82) is 0 Å². The van der Waals surface area contributed by atoms with Crippen molar-refractivity contribution in [3.63, 3.8) is 0 Å². The van der Waals surface area contributed by atoms with Crippen LogP contribution >= 0.6 is 0 Å². The topological polar surface area (TPSA) is 43.1 Å².